The number of hydrogen-bond donors (Lipinski definition) is 1. The summed E-state index contributed by atoms with van der Waals surface area (Å²) in [6.45, 7) is 6.17. The second-order valence-corrected chi connectivity index (χ2v) is 6.37. The molecule has 0 aliphatic heterocycles. The van der Waals surface area contributed by atoms with Gasteiger partial charge in [0, 0.05) is 4.47 Å². The topological polar surface area (TPSA) is 29.1 Å². The number of hydrogen-bond acceptors (Lipinski definition) is 1. The normalized spacial score (nSPS) is 12.0. The van der Waals surface area contributed by atoms with Crippen LogP contribution in [0.15, 0.2) is 46.9 Å². The molecule has 0 saturated heterocycles. The first-order valence-corrected chi connectivity index (χ1v) is 7.86. The Bertz CT molecular complexity index is 651. The van der Waals surface area contributed by atoms with Crippen LogP contribution in [0.4, 0.5) is 0 Å². The van der Waals surface area contributed by atoms with Crippen molar-refractivity contribution in [2.45, 2.75) is 33.2 Å². The number of carbonyl (C=O) groups excluding carboxylic acids is 1. The van der Waals surface area contributed by atoms with Gasteiger partial charge in [-0.3, -0.25) is 4.79 Å². The van der Waals surface area contributed by atoms with E-state index >= 15 is 0 Å². The highest BCUT2D eigenvalue weighted by molar-refractivity contribution is 9.10. The Hall–Kier alpha value is -1.61. The highest BCUT2D eigenvalue weighted by Crippen LogP contribution is 2.19. The van der Waals surface area contributed by atoms with Crippen molar-refractivity contribution in [3.8, 4) is 0 Å². The summed E-state index contributed by atoms with van der Waals surface area (Å²) in [5, 5.41) is 3.08. The molecule has 0 aromatic heterocycles. The minimum absolute atomic E-state index is 0.0181. The van der Waals surface area contributed by atoms with Gasteiger partial charge in [0.05, 0.1) is 12.5 Å². The zero-order valence-corrected chi connectivity index (χ0v) is 14.2. The minimum Gasteiger partial charge on any atom is -0.349 e. The third-order valence-electron chi connectivity index (χ3n) is 3.53. The monoisotopic (exact) mass is 345 g/mol. The molecule has 3 heteroatoms. The van der Waals surface area contributed by atoms with Gasteiger partial charge in [-0.2, -0.15) is 0 Å². The van der Waals surface area contributed by atoms with Crippen LogP contribution in [0.2, 0.25) is 0 Å². The van der Waals surface area contributed by atoms with Crippen molar-refractivity contribution in [1.82, 2.24) is 5.32 Å². The molecule has 110 valence electrons. The van der Waals surface area contributed by atoms with Gasteiger partial charge < -0.3 is 5.32 Å². The van der Waals surface area contributed by atoms with E-state index in [9.17, 15) is 4.79 Å². The lowest BCUT2D eigenvalue weighted by molar-refractivity contribution is -0.121. The second kappa shape index (κ2) is 6.90. The summed E-state index contributed by atoms with van der Waals surface area (Å²) in [7, 11) is 0. The molecule has 0 spiro atoms. The molecule has 2 rings (SSSR count). The number of halogens is 1. The zero-order valence-electron chi connectivity index (χ0n) is 12.6. The van der Waals surface area contributed by atoms with E-state index in [1.807, 2.05) is 31.2 Å². The first kappa shape index (κ1) is 15.8. The maximum Gasteiger partial charge on any atom is 0.224 e. The number of amides is 1. The lowest BCUT2D eigenvalue weighted by Gasteiger charge is -2.17. The molecule has 0 bridgehead atoms. The highest BCUT2D eigenvalue weighted by atomic mass is 79.9. The molecule has 0 heterocycles. The predicted molar refractivity (Wildman–Crippen MR) is 90.3 cm³/mol. The SMILES string of the molecule is Cc1ccc(C)c([C@H](C)NC(=O)Cc2cccc(Br)c2)c1. The van der Waals surface area contributed by atoms with Crippen molar-refractivity contribution in [2.75, 3.05) is 0 Å². The van der Waals surface area contributed by atoms with Crippen molar-refractivity contribution in [1.29, 1.82) is 0 Å². The Morgan fingerprint density at radius 2 is 1.95 bits per heavy atom. The van der Waals surface area contributed by atoms with Crippen LogP contribution in [-0.4, -0.2) is 5.91 Å². The molecule has 0 radical (unpaired) electrons. The fraction of sp³-hybridized carbons (Fsp3) is 0.278. The van der Waals surface area contributed by atoms with Gasteiger partial charge in [-0.1, -0.05) is 51.8 Å². The molecular formula is C18H20BrNO. The van der Waals surface area contributed by atoms with Gasteiger partial charge in [0.25, 0.3) is 0 Å². The largest absolute Gasteiger partial charge is 0.349 e. The number of carbonyl (C=O) groups is 1. The van der Waals surface area contributed by atoms with Crippen LogP contribution in [0.25, 0.3) is 0 Å². The van der Waals surface area contributed by atoms with Gasteiger partial charge >= 0.3 is 0 Å². The van der Waals surface area contributed by atoms with E-state index in [-0.39, 0.29) is 11.9 Å². The molecule has 2 aromatic rings. The Labute approximate surface area is 134 Å². The lowest BCUT2D eigenvalue weighted by atomic mass is 10.00. The van der Waals surface area contributed by atoms with Gasteiger partial charge in [0.1, 0.15) is 0 Å². The Balaban J connectivity index is 2.03. The predicted octanol–water partition coefficient (Wildman–Crippen LogP) is 4.49. The maximum absolute atomic E-state index is 12.2. The van der Waals surface area contributed by atoms with Crippen LogP contribution in [0, 0.1) is 13.8 Å². The molecule has 0 aliphatic rings. The summed E-state index contributed by atoms with van der Waals surface area (Å²) in [5.74, 6) is 0.0431. The van der Waals surface area contributed by atoms with Crippen molar-refractivity contribution in [3.05, 3.63) is 69.2 Å². The summed E-state index contributed by atoms with van der Waals surface area (Å²) < 4.78 is 0.996. The lowest BCUT2D eigenvalue weighted by Crippen LogP contribution is -2.28. The molecule has 0 saturated carbocycles. The van der Waals surface area contributed by atoms with Crippen molar-refractivity contribution < 1.29 is 4.79 Å². The van der Waals surface area contributed by atoms with Crippen molar-refractivity contribution in [3.63, 3.8) is 0 Å². The van der Waals surface area contributed by atoms with Crippen LogP contribution in [0.3, 0.4) is 0 Å². The maximum atomic E-state index is 12.2. The molecule has 1 N–H and O–H groups in total. The third-order valence-corrected chi connectivity index (χ3v) is 4.03. The molecular weight excluding hydrogens is 326 g/mol. The fourth-order valence-corrected chi connectivity index (χ4v) is 2.88. The molecule has 2 aromatic carbocycles. The van der Waals surface area contributed by atoms with Crippen LogP contribution in [0.1, 0.15) is 35.2 Å². The van der Waals surface area contributed by atoms with E-state index in [1.54, 1.807) is 0 Å². The average molecular weight is 346 g/mol. The van der Waals surface area contributed by atoms with E-state index in [2.05, 4.69) is 53.3 Å². The van der Waals surface area contributed by atoms with Gasteiger partial charge in [0.15, 0.2) is 0 Å². The molecule has 0 aliphatic carbocycles. The first-order valence-electron chi connectivity index (χ1n) is 7.06. The summed E-state index contributed by atoms with van der Waals surface area (Å²) in [6.07, 6.45) is 0.397. The van der Waals surface area contributed by atoms with Gasteiger partial charge in [-0.15, -0.1) is 0 Å². The average Bonchev–Trinajstić information content (AvgIpc) is 2.41. The van der Waals surface area contributed by atoms with Crippen molar-refractivity contribution >= 4 is 21.8 Å². The molecule has 0 fully saturated rings. The zero-order chi connectivity index (χ0) is 15.4. The van der Waals surface area contributed by atoms with Crippen LogP contribution in [-0.2, 0) is 11.2 Å². The Kier molecular flexibility index (Phi) is 5.18. The third kappa shape index (κ3) is 4.43. The standard InChI is InChI=1S/C18H20BrNO/c1-12-7-8-13(2)17(9-12)14(3)20-18(21)11-15-5-4-6-16(19)10-15/h4-10,14H,11H2,1-3H3,(H,20,21)/t14-/m0/s1. The van der Waals surface area contributed by atoms with E-state index in [0.29, 0.717) is 6.42 Å². The number of nitrogens with one attached hydrogen (secondary N) is 1. The highest BCUT2D eigenvalue weighted by Gasteiger charge is 2.12. The second-order valence-electron chi connectivity index (χ2n) is 5.46. The summed E-state index contributed by atoms with van der Waals surface area (Å²) >= 11 is 3.43. The van der Waals surface area contributed by atoms with Gasteiger partial charge in [0.2, 0.25) is 5.91 Å². The van der Waals surface area contributed by atoms with E-state index < -0.39 is 0 Å². The van der Waals surface area contributed by atoms with E-state index in [4.69, 9.17) is 0 Å². The first-order chi connectivity index (χ1) is 9.95. The van der Waals surface area contributed by atoms with Crippen molar-refractivity contribution in [2.24, 2.45) is 0 Å². The van der Waals surface area contributed by atoms with Crippen LogP contribution < -0.4 is 5.32 Å². The number of rotatable bonds is 4. The molecule has 1 atom stereocenters. The van der Waals surface area contributed by atoms with Gasteiger partial charge in [-0.05, 0) is 49.6 Å². The fourth-order valence-electron chi connectivity index (χ4n) is 2.43. The smallest absolute Gasteiger partial charge is 0.224 e. The van der Waals surface area contributed by atoms with Crippen LogP contribution >= 0.6 is 15.9 Å². The minimum atomic E-state index is 0.0181. The summed E-state index contributed by atoms with van der Waals surface area (Å²) in [4.78, 5) is 12.2. The molecule has 0 unspecified atom stereocenters. The molecule has 21 heavy (non-hydrogen) atoms. The summed E-state index contributed by atoms with van der Waals surface area (Å²) in [6, 6.07) is 14.2. The Morgan fingerprint density at radius 1 is 1.19 bits per heavy atom. The summed E-state index contributed by atoms with van der Waals surface area (Å²) in [5.41, 5.74) is 4.60. The number of aryl methyl sites for hydroxylation is 2. The van der Waals surface area contributed by atoms with Crippen LogP contribution in [0.5, 0.6) is 0 Å². The molecule has 2 nitrogen and oxygen atoms in total. The quantitative estimate of drug-likeness (QED) is 0.869. The van der Waals surface area contributed by atoms with E-state index in [0.717, 1.165) is 10.0 Å². The molecule has 1 amide bonds. The number of benzene rings is 2. The Morgan fingerprint density at radius 3 is 2.67 bits per heavy atom. The van der Waals surface area contributed by atoms with E-state index in [1.165, 1.54) is 16.7 Å². The van der Waals surface area contributed by atoms with Gasteiger partial charge in [-0.25, -0.2) is 0 Å².